The molecule has 0 radical (unpaired) electrons. The number of carbonyl (C=O) groups excluding carboxylic acids is 3. The zero-order valence-corrected chi connectivity index (χ0v) is 18.5. The average Bonchev–Trinajstić information content (AvgIpc) is 3.35. The third-order valence-electron chi connectivity index (χ3n) is 5.29. The molecule has 0 bridgehead atoms. The molecule has 0 spiro atoms. The number of carboxylic acids is 1. The second-order valence-corrected chi connectivity index (χ2v) is 7.87. The first kappa shape index (κ1) is 22.9. The first-order chi connectivity index (χ1) is 16.2. The fourth-order valence-electron chi connectivity index (χ4n) is 3.47. The van der Waals surface area contributed by atoms with Gasteiger partial charge in [0.2, 0.25) is 17.7 Å². The fraction of sp³-hybridized carbons (Fsp3) is 0.190. The highest BCUT2D eigenvalue weighted by Crippen LogP contribution is 2.29. The molecule has 4 rings (SSSR count). The van der Waals surface area contributed by atoms with Crippen LogP contribution in [0.3, 0.4) is 0 Å². The molecule has 13 heteroatoms. The van der Waals surface area contributed by atoms with Crippen LogP contribution in [-0.2, 0) is 14.4 Å². The molecule has 2 heterocycles. The largest absolute Gasteiger partial charge is 0.478 e. The standard InChI is InChI=1S/C21H18ClN7O5/c1-12(20(32)24-15-5-2-13(3-6-15)21(33)34)27-9-19(31)28(10-18(27)30)17-8-14(22)4-7-16(17)29-11-23-25-26-29/h2-8,11-12H,9-10H2,1H3,(H,24,32)(H,33,34). The lowest BCUT2D eigenvalue weighted by molar-refractivity contribution is -0.143. The second kappa shape index (κ2) is 9.27. The molecule has 1 saturated heterocycles. The molecule has 34 heavy (non-hydrogen) atoms. The van der Waals surface area contributed by atoms with Crippen LogP contribution in [0.15, 0.2) is 48.8 Å². The van der Waals surface area contributed by atoms with E-state index >= 15 is 0 Å². The molecule has 1 fully saturated rings. The summed E-state index contributed by atoms with van der Waals surface area (Å²) in [5.74, 6) is -2.46. The Morgan fingerprint density at radius 1 is 1.06 bits per heavy atom. The van der Waals surface area contributed by atoms with E-state index in [0.717, 1.165) is 0 Å². The number of hydrogen-bond donors (Lipinski definition) is 2. The topological polar surface area (TPSA) is 151 Å². The Labute approximate surface area is 197 Å². The van der Waals surface area contributed by atoms with E-state index in [9.17, 15) is 19.2 Å². The summed E-state index contributed by atoms with van der Waals surface area (Å²) >= 11 is 6.13. The van der Waals surface area contributed by atoms with Crippen molar-refractivity contribution in [3.63, 3.8) is 0 Å². The highest BCUT2D eigenvalue weighted by atomic mass is 35.5. The molecule has 1 aliphatic heterocycles. The second-order valence-electron chi connectivity index (χ2n) is 7.44. The van der Waals surface area contributed by atoms with E-state index in [1.165, 1.54) is 58.1 Å². The Bertz CT molecular complexity index is 1260. The van der Waals surface area contributed by atoms with Crippen LogP contribution >= 0.6 is 11.6 Å². The fourth-order valence-corrected chi connectivity index (χ4v) is 3.63. The van der Waals surface area contributed by atoms with Gasteiger partial charge in [0.25, 0.3) is 0 Å². The van der Waals surface area contributed by atoms with Crippen molar-refractivity contribution in [3.8, 4) is 5.69 Å². The van der Waals surface area contributed by atoms with Crippen LogP contribution in [0.2, 0.25) is 5.02 Å². The highest BCUT2D eigenvalue weighted by molar-refractivity contribution is 6.31. The lowest BCUT2D eigenvalue weighted by atomic mass is 10.1. The number of carbonyl (C=O) groups is 4. The predicted octanol–water partition coefficient (Wildman–Crippen LogP) is 1.22. The van der Waals surface area contributed by atoms with Gasteiger partial charge in [-0.15, -0.1) is 5.10 Å². The number of amides is 3. The quantitative estimate of drug-likeness (QED) is 0.531. The Morgan fingerprint density at radius 3 is 2.44 bits per heavy atom. The normalized spacial score (nSPS) is 14.8. The van der Waals surface area contributed by atoms with E-state index in [2.05, 4.69) is 20.8 Å². The number of aromatic nitrogens is 4. The third-order valence-corrected chi connectivity index (χ3v) is 5.53. The summed E-state index contributed by atoms with van der Waals surface area (Å²) in [7, 11) is 0. The molecule has 0 aliphatic carbocycles. The van der Waals surface area contributed by atoms with Crippen LogP contribution in [0.25, 0.3) is 5.69 Å². The Balaban J connectivity index is 1.49. The number of halogens is 1. The number of anilines is 2. The van der Waals surface area contributed by atoms with Gasteiger partial charge in [0.15, 0.2) is 0 Å². The summed E-state index contributed by atoms with van der Waals surface area (Å²) in [4.78, 5) is 52.1. The van der Waals surface area contributed by atoms with Gasteiger partial charge in [-0.1, -0.05) is 11.6 Å². The molecular formula is C21H18ClN7O5. The maximum atomic E-state index is 13.0. The Hall–Kier alpha value is -4.32. The van der Waals surface area contributed by atoms with Gasteiger partial charge in [-0.2, -0.15) is 4.68 Å². The molecule has 1 unspecified atom stereocenters. The third kappa shape index (κ3) is 4.57. The van der Waals surface area contributed by atoms with E-state index in [0.29, 0.717) is 22.1 Å². The molecule has 1 aliphatic rings. The average molecular weight is 484 g/mol. The monoisotopic (exact) mass is 483 g/mol. The Morgan fingerprint density at radius 2 is 1.79 bits per heavy atom. The van der Waals surface area contributed by atoms with Gasteiger partial charge in [-0.3, -0.25) is 19.3 Å². The lowest BCUT2D eigenvalue weighted by Gasteiger charge is -2.37. The van der Waals surface area contributed by atoms with E-state index in [1.807, 2.05) is 0 Å². The summed E-state index contributed by atoms with van der Waals surface area (Å²) in [6, 6.07) is 9.42. The molecule has 0 saturated carbocycles. The number of tetrazole rings is 1. The van der Waals surface area contributed by atoms with Crippen LogP contribution in [0, 0.1) is 0 Å². The first-order valence-electron chi connectivity index (χ1n) is 10.0. The summed E-state index contributed by atoms with van der Waals surface area (Å²) in [6.45, 7) is 0.875. The Kier molecular flexibility index (Phi) is 6.23. The lowest BCUT2D eigenvalue weighted by Crippen LogP contribution is -2.58. The number of benzene rings is 2. The first-order valence-corrected chi connectivity index (χ1v) is 10.4. The van der Waals surface area contributed by atoms with Crippen molar-refractivity contribution >= 4 is 46.7 Å². The highest BCUT2D eigenvalue weighted by Gasteiger charge is 2.37. The van der Waals surface area contributed by atoms with E-state index in [1.54, 1.807) is 12.1 Å². The number of aromatic carboxylic acids is 1. The van der Waals surface area contributed by atoms with Gasteiger partial charge in [0, 0.05) is 10.7 Å². The van der Waals surface area contributed by atoms with Crippen LogP contribution in [0.5, 0.6) is 0 Å². The van der Waals surface area contributed by atoms with Gasteiger partial charge >= 0.3 is 5.97 Å². The zero-order chi connectivity index (χ0) is 24.4. The number of rotatable bonds is 6. The smallest absolute Gasteiger partial charge is 0.335 e. The van der Waals surface area contributed by atoms with Gasteiger partial charge in [0.05, 0.1) is 16.9 Å². The summed E-state index contributed by atoms with van der Waals surface area (Å²) in [5, 5.41) is 23.0. The summed E-state index contributed by atoms with van der Waals surface area (Å²) in [6.07, 6.45) is 1.35. The van der Waals surface area contributed by atoms with Crippen molar-refractivity contribution in [1.82, 2.24) is 25.1 Å². The van der Waals surface area contributed by atoms with E-state index < -0.39 is 29.7 Å². The van der Waals surface area contributed by atoms with E-state index in [-0.39, 0.29) is 18.7 Å². The molecule has 1 atom stereocenters. The van der Waals surface area contributed by atoms with Crippen molar-refractivity contribution in [2.75, 3.05) is 23.3 Å². The SMILES string of the molecule is CC(C(=O)Nc1ccc(C(=O)O)cc1)N1CC(=O)N(c2cc(Cl)ccc2-n2cnnn2)CC1=O. The van der Waals surface area contributed by atoms with Crippen LogP contribution < -0.4 is 10.2 Å². The minimum atomic E-state index is -1.09. The number of hydrogen-bond acceptors (Lipinski definition) is 7. The zero-order valence-electron chi connectivity index (χ0n) is 17.8. The van der Waals surface area contributed by atoms with Gasteiger partial charge < -0.3 is 15.3 Å². The molecule has 1 aromatic heterocycles. The van der Waals surface area contributed by atoms with Gasteiger partial charge in [-0.25, -0.2) is 4.79 Å². The number of nitrogens with zero attached hydrogens (tertiary/aromatic N) is 6. The molecule has 3 amide bonds. The number of nitrogens with one attached hydrogen (secondary N) is 1. The van der Waals surface area contributed by atoms with Crippen LogP contribution in [0.1, 0.15) is 17.3 Å². The number of piperazine rings is 1. The van der Waals surface area contributed by atoms with Crippen molar-refractivity contribution in [2.24, 2.45) is 0 Å². The molecule has 12 nitrogen and oxygen atoms in total. The number of carboxylic acid groups (broad SMARTS) is 1. The van der Waals surface area contributed by atoms with Crippen molar-refractivity contribution in [2.45, 2.75) is 13.0 Å². The minimum Gasteiger partial charge on any atom is -0.478 e. The maximum Gasteiger partial charge on any atom is 0.335 e. The predicted molar refractivity (Wildman–Crippen MR) is 120 cm³/mol. The van der Waals surface area contributed by atoms with Crippen molar-refractivity contribution in [3.05, 3.63) is 59.4 Å². The van der Waals surface area contributed by atoms with Gasteiger partial charge in [0.1, 0.15) is 25.5 Å². The van der Waals surface area contributed by atoms with Crippen molar-refractivity contribution in [1.29, 1.82) is 0 Å². The molecule has 3 aromatic rings. The van der Waals surface area contributed by atoms with Crippen molar-refractivity contribution < 1.29 is 24.3 Å². The minimum absolute atomic E-state index is 0.0741. The summed E-state index contributed by atoms with van der Waals surface area (Å²) in [5.41, 5.74) is 1.25. The van der Waals surface area contributed by atoms with E-state index in [4.69, 9.17) is 16.7 Å². The molecule has 2 aromatic carbocycles. The molecular weight excluding hydrogens is 466 g/mol. The van der Waals surface area contributed by atoms with Crippen LogP contribution in [0.4, 0.5) is 11.4 Å². The molecule has 2 N–H and O–H groups in total. The summed E-state index contributed by atoms with van der Waals surface area (Å²) < 4.78 is 1.35. The maximum absolute atomic E-state index is 13.0. The molecule has 174 valence electrons. The van der Waals surface area contributed by atoms with Gasteiger partial charge in [-0.05, 0) is 59.8 Å². The van der Waals surface area contributed by atoms with Crippen LogP contribution in [-0.4, -0.2) is 73.0 Å².